The zero-order valence-electron chi connectivity index (χ0n) is 16.0. The van der Waals surface area contributed by atoms with Gasteiger partial charge in [0.25, 0.3) is 0 Å². The molecule has 1 aliphatic rings. The number of anilines is 1. The molecule has 0 saturated carbocycles. The second kappa shape index (κ2) is 8.40. The lowest BCUT2D eigenvalue weighted by Crippen LogP contribution is -2.50. The predicted molar refractivity (Wildman–Crippen MR) is 100 cm³/mol. The maximum atomic E-state index is 12.1. The summed E-state index contributed by atoms with van der Waals surface area (Å²) in [4.78, 5) is 27.5. The molecular weight excluding hydrogens is 334 g/mol. The highest BCUT2D eigenvalue weighted by Gasteiger charge is 2.26. The molecule has 0 radical (unpaired) electrons. The molecule has 0 spiro atoms. The summed E-state index contributed by atoms with van der Waals surface area (Å²) in [7, 11) is 1.34. The van der Waals surface area contributed by atoms with Gasteiger partial charge in [-0.1, -0.05) is 12.1 Å². The number of piperazine rings is 1. The molecule has 0 aliphatic carbocycles. The Morgan fingerprint density at radius 3 is 2.19 bits per heavy atom. The van der Waals surface area contributed by atoms with E-state index in [9.17, 15) is 9.59 Å². The summed E-state index contributed by atoms with van der Waals surface area (Å²) in [5, 5.41) is 0. The third-order valence-electron chi connectivity index (χ3n) is 4.19. The minimum atomic E-state index is -0.650. The van der Waals surface area contributed by atoms with E-state index in [1.807, 2.05) is 45.0 Å². The van der Waals surface area contributed by atoms with Crippen molar-refractivity contribution in [3.63, 3.8) is 0 Å². The van der Waals surface area contributed by atoms with Gasteiger partial charge in [-0.2, -0.15) is 0 Å². The molecule has 1 aromatic rings. The zero-order valence-corrected chi connectivity index (χ0v) is 16.0. The molecule has 1 aliphatic heterocycles. The van der Waals surface area contributed by atoms with E-state index in [0.717, 1.165) is 24.3 Å². The standard InChI is InChI=1S/C19H29N3O4/c1-19(2,3)26-18(24)22-11-9-21(10-12-22)15-7-5-14(6-8-15)13-16(20)17(23)25-4/h5-8,16H,9-13,20H2,1-4H3. The number of rotatable bonds is 4. The van der Waals surface area contributed by atoms with E-state index in [-0.39, 0.29) is 6.09 Å². The number of carbonyl (C=O) groups is 2. The van der Waals surface area contributed by atoms with Crippen LogP contribution in [0.2, 0.25) is 0 Å². The molecule has 2 rings (SSSR count). The van der Waals surface area contributed by atoms with Gasteiger partial charge in [-0.3, -0.25) is 4.79 Å². The highest BCUT2D eigenvalue weighted by atomic mass is 16.6. The Morgan fingerprint density at radius 1 is 1.12 bits per heavy atom. The van der Waals surface area contributed by atoms with Crippen LogP contribution in [0.1, 0.15) is 26.3 Å². The van der Waals surface area contributed by atoms with Gasteiger partial charge in [-0.25, -0.2) is 4.79 Å². The Kier molecular flexibility index (Phi) is 6.47. The van der Waals surface area contributed by atoms with Crippen LogP contribution in [0.3, 0.4) is 0 Å². The lowest BCUT2D eigenvalue weighted by molar-refractivity contribution is -0.142. The van der Waals surface area contributed by atoms with Crippen molar-refractivity contribution in [2.75, 3.05) is 38.2 Å². The molecule has 144 valence electrons. The maximum Gasteiger partial charge on any atom is 0.410 e. The molecule has 1 saturated heterocycles. The van der Waals surface area contributed by atoms with E-state index in [0.29, 0.717) is 19.5 Å². The van der Waals surface area contributed by atoms with Crippen molar-refractivity contribution >= 4 is 17.7 Å². The van der Waals surface area contributed by atoms with Crippen LogP contribution in [0.25, 0.3) is 0 Å². The van der Waals surface area contributed by atoms with Crippen molar-refractivity contribution in [1.29, 1.82) is 0 Å². The van der Waals surface area contributed by atoms with Crippen LogP contribution in [0.4, 0.5) is 10.5 Å². The minimum Gasteiger partial charge on any atom is -0.468 e. The Labute approximate surface area is 155 Å². The van der Waals surface area contributed by atoms with Gasteiger partial charge in [0.2, 0.25) is 0 Å². The number of nitrogens with zero attached hydrogens (tertiary/aromatic N) is 2. The van der Waals surface area contributed by atoms with E-state index in [1.165, 1.54) is 7.11 Å². The quantitative estimate of drug-likeness (QED) is 0.821. The summed E-state index contributed by atoms with van der Waals surface area (Å²) < 4.78 is 10.1. The predicted octanol–water partition coefficient (Wildman–Crippen LogP) is 1.79. The van der Waals surface area contributed by atoms with Gasteiger partial charge in [0.15, 0.2) is 0 Å². The highest BCUT2D eigenvalue weighted by Crippen LogP contribution is 2.19. The van der Waals surface area contributed by atoms with Crippen LogP contribution >= 0.6 is 0 Å². The van der Waals surface area contributed by atoms with E-state index in [2.05, 4.69) is 9.64 Å². The number of amides is 1. The average Bonchev–Trinajstić information content (AvgIpc) is 2.60. The number of nitrogens with two attached hydrogens (primary N) is 1. The summed E-state index contributed by atoms with van der Waals surface area (Å²) >= 11 is 0. The van der Waals surface area contributed by atoms with E-state index in [1.54, 1.807) is 4.90 Å². The van der Waals surface area contributed by atoms with Crippen LogP contribution in [0.15, 0.2) is 24.3 Å². The Hall–Kier alpha value is -2.28. The van der Waals surface area contributed by atoms with Gasteiger partial charge in [-0.15, -0.1) is 0 Å². The Bertz CT molecular complexity index is 617. The van der Waals surface area contributed by atoms with Crippen molar-refractivity contribution in [2.45, 2.75) is 38.8 Å². The molecule has 1 amide bonds. The van der Waals surface area contributed by atoms with E-state index < -0.39 is 17.6 Å². The SMILES string of the molecule is COC(=O)C(N)Cc1ccc(N2CCN(C(=O)OC(C)(C)C)CC2)cc1. The lowest BCUT2D eigenvalue weighted by atomic mass is 10.1. The van der Waals surface area contributed by atoms with Crippen molar-refractivity contribution in [3.8, 4) is 0 Å². The Morgan fingerprint density at radius 2 is 1.69 bits per heavy atom. The van der Waals surface area contributed by atoms with Gasteiger partial charge in [0.1, 0.15) is 11.6 Å². The van der Waals surface area contributed by atoms with Crippen LogP contribution in [-0.2, 0) is 20.7 Å². The first-order valence-electron chi connectivity index (χ1n) is 8.85. The molecule has 0 aromatic heterocycles. The van der Waals surface area contributed by atoms with Crippen LogP contribution in [-0.4, -0.2) is 61.9 Å². The summed E-state index contributed by atoms with van der Waals surface area (Å²) in [6.07, 6.45) is 0.184. The Balaban J connectivity index is 1.87. The number of methoxy groups -OCH3 is 1. The summed E-state index contributed by atoms with van der Waals surface area (Å²) in [5.41, 5.74) is 7.39. The van der Waals surface area contributed by atoms with Crippen LogP contribution in [0.5, 0.6) is 0 Å². The third kappa shape index (κ3) is 5.62. The summed E-state index contributed by atoms with van der Waals surface area (Å²) in [6.45, 7) is 8.37. The van der Waals surface area contributed by atoms with Gasteiger partial charge >= 0.3 is 12.1 Å². The van der Waals surface area contributed by atoms with Gasteiger partial charge in [-0.05, 0) is 44.9 Å². The molecule has 1 unspecified atom stereocenters. The minimum absolute atomic E-state index is 0.260. The maximum absolute atomic E-state index is 12.1. The van der Waals surface area contributed by atoms with Gasteiger partial charge in [0, 0.05) is 31.9 Å². The third-order valence-corrected chi connectivity index (χ3v) is 4.19. The second-order valence-corrected chi connectivity index (χ2v) is 7.45. The highest BCUT2D eigenvalue weighted by molar-refractivity contribution is 5.75. The fraction of sp³-hybridized carbons (Fsp3) is 0.579. The molecule has 1 atom stereocenters. The number of hydrogen-bond acceptors (Lipinski definition) is 6. The number of benzene rings is 1. The molecule has 0 bridgehead atoms. The monoisotopic (exact) mass is 363 g/mol. The van der Waals surface area contributed by atoms with Crippen molar-refractivity contribution in [2.24, 2.45) is 5.73 Å². The second-order valence-electron chi connectivity index (χ2n) is 7.45. The molecule has 26 heavy (non-hydrogen) atoms. The van der Waals surface area contributed by atoms with Gasteiger partial charge < -0.3 is 25.0 Å². The first-order valence-corrected chi connectivity index (χ1v) is 8.85. The van der Waals surface area contributed by atoms with Crippen LogP contribution in [0, 0.1) is 0 Å². The van der Waals surface area contributed by atoms with E-state index in [4.69, 9.17) is 10.5 Å². The fourth-order valence-corrected chi connectivity index (χ4v) is 2.81. The largest absolute Gasteiger partial charge is 0.468 e. The molecular formula is C19H29N3O4. The number of esters is 1. The normalized spacial score (nSPS) is 16.2. The average molecular weight is 363 g/mol. The first-order chi connectivity index (χ1) is 12.2. The smallest absolute Gasteiger partial charge is 0.410 e. The zero-order chi connectivity index (χ0) is 19.3. The van der Waals surface area contributed by atoms with Crippen molar-refractivity contribution in [3.05, 3.63) is 29.8 Å². The van der Waals surface area contributed by atoms with Crippen molar-refractivity contribution in [1.82, 2.24) is 4.90 Å². The number of carbonyl (C=O) groups excluding carboxylic acids is 2. The molecule has 1 heterocycles. The molecule has 7 nitrogen and oxygen atoms in total. The van der Waals surface area contributed by atoms with Crippen LogP contribution < -0.4 is 10.6 Å². The molecule has 2 N–H and O–H groups in total. The number of hydrogen-bond donors (Lipinski definition) is 1. The van der Waals surface area contributed by atoms with Gasteiger partial charge in [0.05, 0.1) is 7.11 Å². The molecule has 1 fully saturated rings. The molecule has 7 heteroatoms. The summed E-state index contributed by atoms with van der Waals surface area (Å²) in [6, 6.07) is 7.32. The van der Waals surface area contributed by atoms with Crippen molar-refractivity contribution < 1.29 is 19.1 Å². The molecule has 1 aromatic carbocycles. The van der Waals surface area contributed by atoms with E-state index >= 15 is 0 Å². The fourth-order valence-electron chi connectivity index (χ4n) is 2.81. The summed E-state index contributed by atoms with van der Waals surface area (Å²) in [5.74, 6) is -0.410. The lowest BCUT2D eigenvalue weighted by Gasteiger charge is -2.36. The topological polar surface area (TPSA) is 85.1 Å². The first kappa shape index (κ1) is 20.0. The number of ether oxygens (including phenoxy) is 2.